The van der Waals surface area contributed by atoms with E-state index in [1.807, 2.05) is 19.3 Å². The first-order valence-electron chi connectivity index (χ1n) is 5.37. The van der Waals surface area contributed by atoms with Crippen molar-refractivity contribution in [3.05, 3.63) is 18.5 Å². The number of nitrogens with zero attached hydrogens (tertiary/aromatic N) is 1. The highest BCUT2D eigenvalue weighted by atomic mass is 16.5. The summed E-state index contributed by atoms with van der Waals surface area (Å²) in [6, 6.07) is 2.04. The van der Waals surface area contributed by atoms with Gasteiger partial charge in [0, 0.05) is 20.2 Å². The van der Waals surface area contributed by atoms with E-state index in [-0.39, 0.29) is 0 Å². The monoisotopic (exact) mass is 207 g/mol. The van der Waals surface area contributed by atoms with Gasteiger partial charge < -0.3 is 15.4 Å². The summed E-state index contributed by atoms with van der Waals surface area (Å²) < 4.78 is 5.53. The van der Waals surface area contributed by atoms with Crippen molar-refractivity contribution in [2.45, 2.75) is 18.9 Å². The van der Waals surface area contributed by atoms with Crippen molar-refractivity contribution in [3.8, 4) is 0 Å². The predicted octanol–water partition coefficient (Wildman–Crippen LogP) is 1.71. The molecule has 0 saturated carbocycles. The molecule has 2 heterocycles. The van der Waals surface area contributed by atoms with E-state index in [1.54, 1.807) is 6.20 Å². The fraction of sp³-hybridized carbons (Fsp3) is 0.545. The van der Waals surface area contributed by atoms with Gasteiger partial charge >= 0.3 is 0 Å². The minimum atomic E-state index is 0.364. The zero-order valence-corrected chi connectivity index (χ0v) is 8.99. The third-order valence-corrected chi connectivity index (χ3v) is 2.58. The lowest BCUT2D eigenvalue weighted by Gasteiger charge is -2.12. The molecular weight excluding hydrogens is 190 g/mol. The molecule has 1 fully saturated rings. The molecule has 0 aliphatic carbocycles. The Balaban J connectivity index is 1.86. The molecule has 4 heteroatoms. The molecule has 0 bridgehead atoms. The summed E-state index contributed by atoms with van der Waals surface area (Å²) in [7, 11) is 1.89. The average molecular weight is 207 g/mol. The number of aromatic nitrogens is 1. The van der Waals surface area contributed by atoms with Gasteiger partial charge in [-0.1, -0.05) is 0 Å². The van der Waals surface area contributed by atoms with Crippen molar-refractivity contribution in [2.75, 3.05) is 30.8 Å². The van der Waals surface area contributed by atoms with Crippen LogP contribution in [0.5, 0.6) is 0 Å². The average Bonchev–Trinajstić information content (AvgIpc) is 2.79. The molecular formula is C11H17N3O. The Morgan fingerprint density at radius 1 is 1.47 bits per heavy atom. The maximum atomic E-state index is 5.53. The molecule has 2 rings (SSSR count). The van der Waals surface area contributed by atoms with E-state index in [9.17, 15) is 0 Å². The van der Waals surface area contributed by atoms with Crippen LogP contribution in [0, 0.1) is 0 Å². The van der Waals surface area contributed by atoms with Crippen LogP contribution in [-0.2, 0) is 4.74 Å². The Kier molecular flexibility index (Phi) is 3.40. The standard InChI is InChI=1S/C11H17N3O/c1-12-9-5-10(7-13-6-9)14-8-11-3-2-4-15-11/h5-7,11-12,14H,2-4,8H2,1H3. The lowest BCUT2D eigenvalue weighted by Crippen LogP contribution is -2.18. The van der Waals surface area contributed by atoms with E-state index in [4.69, 9.17) is 4.74 Å². The van der Waals surface area contributed by atoms with Crippen LogP contribution in [0.1, 0.15) is 12.8 Å². The molecule has 15 heavy (non-hydrogen) atoms. The van der Waals surface area contributed by atoms with Gasteiger partial charge in [-0.15, -0.1) is 0 Å². The molecule has 1 aromatic heterocycles. The summed E-state index contributed by atoms with van der Waals surface area (Å²) in [6.07, 6.45) is 6.34. The Labute approximate surface area is 90.0 Å². The van der Waals surface area contributed by atoms with Gasteiger partial charge in [-0.2, -0.15) is 0 Å². The molecule has 4 nitrogen and oxygen atoms in total. The summed E-state index contributed by atoms with van der Waals surface area (Å²) in [5, 5.41) is 6.40. The Morgan fingerprint density at radius 2 is 2.33 bits per heavy atom. The number of hydrogen-bond acceptors (Lipinski definition) is 4. The molecule has 0 spiro atoms. The maximum Gasteiger partial charge on any atom is 0.0748 e. The summed E-state index contributed by atoms with van der Waals surface area (Å²) in [4.78, 5) is 4.13. The van der Waals surface area contributed by atoms with Crippen LogP contribution in [0.15, 0.2) is 18.5 Å². The largest absolute Gasteiger partial charge is 0.387 e. The second kappa shape index (κ2) is 4.98. The summed E-state index contributed by atoms with van der Waals surface area (Å²) in [5.41, 5.74) is 2.06. The molecule has 0 amide bonds. The van der Waals surface area contributed by atoms with Gasteiger partial charge in [-0.3, -0.25) is 4.98 Å². The van der Waals surface area contributed by atoms with Gasteiger partial charge in [0.05, 0.1) is 29.9 Å². The Morgan fingerprint density at radius 3 is 3.07 bits per heavy atom. The predicted molar refractivity (Wildman–Crippen MR) is 61.2 cm³/mol. The number of ether oxygens (including phenoxy) is 1. The molecule has 1 unspecified atom stereocenters. The van der Waals surface area contributed by atoms with Crippen LogP contribution >= 0.6 is 0 Å². The third-order valence-electron chi connectivity index (χ3n) is 2.58. The van der Waals surface area contributed by atoms with E-state index in [2.05, 4.69) is 15.6 Å². The first-order chi connectivity index (χ1) is 7.38. The van der Waals surface area contributed by atoms with Crippen LogP contribution in [-0.4, -0.2) is 31.3 Å². The lowest BCUT2D eigenvalue weighted by atomic mass is 10.2. The second-order valence-electron chi connectivity index (χ2n) is 3.73. The molecule has 1 saturated heterocycles. The zero-order valence-electron chi connectivity index (χ0n) is 8.99. The normalized spacial score (nSPS) is 20.2. The molecule has 82 valence electrons. The molecule has 0 radical (unpaired) electrons. The highest BCUT2D eigenvalue weighted by Gasteiger charge is 2.14. The van der Waals surface area contributed by atoms with Crippen LogP contribution in [0.25, 0.3) is 0 Å². The van der Waals surface area contributed by atoms with Gasteiger partial charge in [-0.05, 0) is 18.9 Å². The zero-order chi connectivity index (χ0) is 10.5. The van der Waals surface area contributed by atoms with E-state index in [0.29, 0.717) is 6.10 Å². The van der Waals surface area contributed by atoms with Crippen molar-refractivity contribution >= 4 is 11.4 Å². The van der Waals surface area contributed by atoms with Crippen molar-refractivity contribution < 1.29 is 4.74 Å². The third kappa shape index (κ3) is 2.83. The minimum Gasteiger partial charge on any atom is -0.387 e. The van der Waals surface area contributed by atoms with E-state index in [1.165, 1.54) is 6.42 Å². The van der Waals surface area contributed by atoms with Crippen LogP contribution in [0.4, 0.5) is 11.4 Å². The smallest absolute Gasteiger partial charge is 0.0748 e. The van der Waals surface area contributed by atoms with Gasteiger partial charge in [0.1, 0.15) is 0 Å². The molecule has 1 aliphatic rings. The maximum absolute atomic E-state index is 5.53. The quantitative estimate of drug-likeness (QED) is 0.789. The second-order valence-corrected chi connectivity index (χ2v) is 3.73. The van der Waals surface area contributed by atoms with E-state index in [0.717, 1.165) is 30.9 Å². The molecule has 0 aromatic carbocycles. The van der Waals surface area contributed by atoms with E-state index >= 15 is 0 Å². The molecule has 2 N–H and O–H groups in total. The fourth-order valence-corrected chi connectivity index (χ4v) is 1.71. The van der Waals surface area contributed by atoms with Crippen molar-refractivity contribution in [1.29, 1.82) is 0 Å². The SMILES string of the molecule is CNc1cncc(NCC2CCCO2)c1. The Bertz CT molecular complexity index is 310. The highest BCUT2D eigenvalue weighted by Crippen LogP contribution is 2.15. The van der Waals surface area contributed by atoms with Crippen LogP contribution in [0.3, 0.4) is 0 Å². The number of rotatable bonds is 4. The molecule has 1 aromatic rings. The van der Waals surface area contributed by atoms with Crippen LogP contribution < -0.4 is 10.6 Å². The fourth-order valence-electron chi connectivity index (χ4n) is 1.71. The van der Waals surface area contributed by atoms with Crippen molar-refractivity contribution in [3.63, 3.8) is 0 Å². The van der Waals surface area contributed by atoms with Gasteiger partial charge in [0.2, 0.25) is 0 Å². The highest BCUT2D eigenvalue weighted by molar-refractivity contribution is 5.53. The van der Waals surface area contributed by atoms with Gasteiger partial charge in [0.25, 0.3) is 0 Å². The molecule has 1 aliphatic heterocycles. The van der Waals surface area contributed by atoms with E-state index < -0.39 is 0 Å². The summed E-state index contributed by atoms with van der Waals surface area (Å²) in [5.74, 6) is 0. The Hall–Kier alpha value is -1.29. The van der Waals surface area contributed by atoms with Gasteiger partial charge in [-0.25, -0.2) is 0 Å². The summed E-state index contributed by atoms with van der Waals surface area (Å²) >= 11 is 0. The van der Waals surface area contributed by atoms with Crippen molar-refractivity contribution in [2.24, 2.45) is 0 Å². The van der Waals surface area contributed by atoms with Crippen LogP contribution in [0.2, 0.25) is 0 Å². The van der Waals surface area contributed by atoms with Crippen molar-refractivity contribution in [1.82, 2.24) is 4.98 Å². The number of hydrogen-bond donors (Lipinski definition) is 2. The first-order valence-corrected chi connectivity index (χ1v) is 5.37. The number of pyridine rings is 1. The number of nitrogens with one attached hydrogen (secondary N) is 2. The lowest BCUT2D eigenvalue weighted by molar-refractivity contribution is 0.120. The summed E-state index contributed by atoms with van der Waals surface area (Å²) in [6.45, 7) is 1.77. The minimum absolute atomic E-state index is 0.364. The molecule has 1 atom stereocenters. The number of anilines is 2. The first kappa shape index (κ1) is 10.2. The topological polar surface area (TPSA) is 46.2 Å². The van der Waals surface area contributed by atoms with Gasteiger partial charge in [0.15, 0.2) is 0 Å².